The van der Waals surface area contributed by atoms with Gasteiger partial charge in [-0.15, -0.1) is 15.3 Å². The summed E-state index contributed by atoms with van der Waals surface area (Å²) < 4.78 is 6.84. The number of hydrogen-bond donors (Lipinski definition) is 1. The van der Waals surface area contributed by atoms with Gasteiger partial charge in [0, 0.05) is 6.42 Å². The highest BCUT2D eigenvalue weighted by atomic mass is 16.4. The van der Waals surface area contributed by atoms with Crippen LogP contribution in [0.4, 0.5) is 5.82 Å². The summed E-state index contributed by atoms with van der Waals surface area (Å²) >= 11 is 0. The number of rotatable bonds is 3. The lowest BCUT2D eigenvalue weighted by molar-refractivity contribution is 0.430. The van der Waals surface area contributed by atoms with Crippen LogP contribution in [0.15, 0.2) is 10.6 Å². The molecule has 0 aromatic carbocycles. The fraction of sp³-hybridized carbons (Fsp3) is 0.429. The van der Waals surface area contributed by atoms with Crippen LogP contribution in [-0.4, -0.2) is 25.2 Å². The molecular formula is C7H10N6O. The predicted octanol–water partition coefficient (Wildman–Crippen LogP) is -0.146. The Labute approximate surface area is 79.9 Å². The van der Waals surface area contributed by atoms with Crippen LogP contribution in [-0.2, 0) is 13.0 Å². The van der Waals surface area contributed by atoms with Crippen molar-refractivity contribution in [2.24, 2.45) is 0 Å². The average Bonchev–Trinajstić information content (AvgIpc) is 2.76. The third-order valence-electron chi connectivity index (χ3n) is 1.66. The highest BCUT2D eigenvalue weighted by Crippen LogP contribution is 2.02. The summed E-state index contributed by atoms with van der Waals surface area (Å²) in [6.07, 6.45) is 2.34. The van der Waals surface area contributed by atoms with Crippen molar-refractivity contribution in [2.75, 3.05) is 5.73 Å². The zero-order chi connectivity index (χ0) is 9.97. The molecule has 0 spiro atoms. The van der Waals surface area contributed by atoms with Gasteiger partial charge in [-0.2, -0.15) is 0 Å². The van der Waals surface area contributed by atoms with Gasteiger partial charge in [0.2, 0.25) is 11.8 Å². The molecule has 2 N–H and O–H groups in total. The summed E-state index contributed by atoms with van der Waals surface area (Å²) in [6, 6.07) is 0. The highest BCUT2D eigenvalue weighted by Gasteiger charge is 2.05. The lowest BCUT2D eigenvalue weighted by Crippen LogP contribution is -2.00. The molecule has 14 heavy (non-hydrogen) atoms. The Balaban J connectivity index is 2.10. The van der Waals surface area contributed by atoms with Gasteiger partial charge in [0.25, 0.3) is 0 Å². The van der Waals surface area contributed by atoms with E-state index in [4.69, 9.17) is 10.2 Å². The number of aromatic nitrogens is 5. The van der Waals surface area contributed by atoms with Crippen LogP contribution >= 0.6 is 0 Å². The third kappa shape index (κ3) is 1.70. The Morgan fingerprint density at radius 1 is 1.36 bits per heavy atom. The van der Waals surface area contributed by atoms with Crippen LogP contribution in [0.1, 0.15) is 18.7 Å². The van der Waals surface area contributed by atoms with Crippen LogP contribution in [0, 0.1) is 0 Å². The van der Waals surface area contributed by atoms with E-state index >= 15 is 0 Å². The minimum Gasteiger partial charge on any atom is -0.423 e. The second-order valence-electron chi connectivity index (χ2n) is 2.78. The van der Waals surface area contributed by atoms with Crippen LogP contribution < -0.4 is 5.73 Å². The molecule has 0 amide bonds. The molecule has 0 aliphatic heterocycles. The summed E-state index contributed by atoms with van der Waals surface area (Å²) in [5, 5.41) is 15.1. The molecular weight excluding hydrogens is 184 g/mol. The quantitative estimate of drug-likeness (QED) is 0.730. The van der Waals surface area contributed by atoms with E-state index in [-0.39, 0.29) is 0 Å². The summed E-state index contributed by atoms with van der Waals surface area (Å²) in [5.41, 5.74) is 5.40. The van der Waals surface area contributed by atoms with Gasteiger partial charge in [0.05, 0.1) is 6.20 Å². The first-order chi connectivity index (χ1) is 6.78. The van der Waals surface area contributed by atoms with E-state index in [0.29, 0.717) is 24.1 Å². The maximum Gasteiger partial charge on any atom is 0.237 e. The molecule has 2 aromatic heterocycles. The van der Waals surface area contributed by atoms with E-state index < -0.39 is 0 Å². The van der Waals surface area contributed by atoms with Crippen molar-refractivity contribution in [3.8, 4) is 0 Å². The second-order valence-corrected chi connectivity index (χ2v) is 2.78. The minimum absolute atomic E-state index is 0.375. The standard InChI is InChI=1S/C7H10N6O/c1-2-6-10-11-7(14-6)4-13-3-5(8)9-12-13/h3H,2,4,8H2,1H3. The number of nitrogens with zero attached hydrogens (tertiary/aromatic N) is 5. The van der Waals surface area contributed by atoms with Crippen molar-refractivity contribution >= 4 is 5.82 Å². The van der Waals surface area contributed by atoms with Crippen molar-refractivity contribution in [1.82, 2.24) is 25.2 Å². The smallest absolute Gasteiger partial charge is 0.237 e. The van der Waals surface area contributed by atoms with Gasteiger partial charge in [-0.3, -0.25) is 0 Å². The first-order valence-corrected chi connectivity index (χ1v) is 4.25. The van der Waals surface area contributed by atoms with Gasteiger partial charge in [-0.1, -0.05) is 12.1 Å². The Bertz CT molecular complexity index is 419. The molecule has 0 fully saturated rings. The van der Waals surface area contributed by atoms with Crippen molar-refractivity contribution in [3.63, 3.8) is 0 Å². The van der Waals surface area contributed by atoms with E-state index in [1.807, 2.05) is 6.92 Å². The summed E-state index contributed by atoms with van der Waals surface area (Å²) in [7, 11) is 0. The topological polar surface area (TPSA) is 95.7 Å². The molecule has 0 atom stereocenters. The van der Waals surface area contributed by atoms with E-state index in [0.717, 1.165) is 6.42 Å². The van der Waals surface area contributed by atoms with Crippen LogP contribution in [0.2, 0.25) is 0 Å². The third-order valence-corrected chi connectivity index (χ3v) is 1.66. The number of nitrogens with two attached hydrogens (primary N) is 1. The predicted molar refractivity (Wildman–Crippen MR) is 47.2 cm³/mol. The van der Waals surface area contributed by atoms with Crippen molar-refractivity contribution in [1.29, 1.82) is 0 Å². The summed E-state index contributed by atoms with van der Waals surface area (Å²) in [4.78, 5) is 0. The molecule has 0 aliphatic carbocycles. The maximum absolute atomic E-state index is 5.40. The van der Waals surface area contributed by atoms with Gasteiger partial charge < -0.3 is 10.2 Å². The van der Waals surface area contributed by atoms with Crippen LogP contribution in [0.25, 0.3) is 0 Å². The molecule has 2 aromatic rings. The molecule has 2 heterocycles. The maximum atomic E-state index is 5.40. The van der Waals surface area contributed by atoms with Gasteiger partial charge >= 0.3 is 0 Å². The van der Waals surface area contributed by atoms with Crippen LogP contribution in [0.3, 0.4) is 0 Å². The average molecular weight is 194 g/mol. The molecule has 0 bridgehead atoms. The molecule has 7 heteroatoms. The molecule has 2 rings (SSSR count). The van der Waals surface area contributed by atoms with E-state index in [1.54, 1.807) is 10.9 Å². The molecule has 0 aliphatic rings. The van der Waals surface area contributed by atoms with E-state index in [2.05, 4.69) is 20.5 Å². The first-order valence-electron chi connectivity index (χ1n) is 4.25. The Morgan fingerprint density at radius 3 is 2.71 bits per heavy atom. The molecule has 0 unspecified atom stereocenters. The fourth-order valence-corrected chi connectivity index (χ4v) is 1.02. The Morgan fingerprint density at radius 2 is 2.14 bits per heavy atom. The monoisotopic (exact) mass is 194 g/mol. The van der Waals surface area contributed by atoms with Crippen molar-refractivity contribution in [3.05, 3.63) is 18.0 Å². The molecule has 7 nitrogen and oxygen atoms in total. The number of anilines is 1. The summed E-state index contributed by atoms with van der Waals surface area (Å²) in [5.74, 6) is 1.50. The number of aryl methyl sites for hydroxylation is 1. The first kappa shape index (κ1) is 8.67. The largest absolute Gasteiger partial charge is 0.423 e. The Hall–Kier alpha value is -1.92. The van der Waals surface area contributed by atoms with E-state index in [9.17, 15) is 0 Å². The second kappa shape index (κ2) is 3.44. The van der Waals surface area contributed by atoms with Crippen LogP contribution in [0.5, 0.6) is 0 Å². The zero-order valence-electron chi connectivity index (χ0n) is 7.71. The number of nitrogen functional groups attached to an aromatic ring is 1. The normalized spacial score (nSPS) is 10.6. The molecule has 0 saturated heterocycles. The fourth-order valence-electron chi connectivity index (χ4n) is 1.02. The SMILES string of the molecule is CCc1nnc(Cn2cc(N)nn2)o1. The highest BCUT2D eigenvalue weighted by molar-refractivity contribution is 5.19. The molecule has 74 valence electrons. The number of hydrogen-bond acceptors (Lipinski definition) is 6. The van der Waals surface area contributed by atoms with Crippen molar-refractivity contribution < 1.29 is 4.42 Å². The van der Waals surface area contributed by atoms with E-state index in [1.165, 1.54) is 0 Å². The van der Waals surface area contributed by atoms with Gasteiger partial charge in [0.15, 0.2) is 5.82 Å². The lowest BCUT2D eigenvalue weighted by atomic mass is 10.5. The minimum atomic E-state index is 0.375. The van der Waals surface area contributed by atoms with Gasteiger partial charge in [0.1, 0.15) is 6.54 Å². The van der Waals surface area contributed by atoms with Gasteiger partial charge in [-0.05, 0) is 0 Å². The molecule has 0 radical (unpaired) electrons. The van der Waals surface area contributed by atoms with Gasteiger partial charge in [-0.25, -0.2) is 4.68 Å². The Kier molecular flexibility index (Phi) is 2.13. The van der Waals surface area contributed by atoms with Crippen molar-refractivity contribution in [2.45, 2.75) is 19.9 Å². The lowest BCUT2D eigenvalue weighted by Gasteiger charge is -1.92. The summed E-state index contributed by atoms with van der Waals surface area (Å²) in [6.45, 7) is 2.35. The zero-order valence-corrected chi connectivity index (χ0v) is 7.71. The molecule has 0 saturated carbocycles.